The molecule has 6 heteroatoms. The topological polar surface area (TPSA) is 39.4 Å². The first kappa shape index (κ1) is 16.3. The molecule has 2 aromatic rings. The summed E-state index contributed by atoms with van der Waals surface area (Å²) >= 11 is 5.67. The van der Waals surface area contributed by atoms with Crippen molar-refractivity contribution in [2.24, 2.45) is 0 Å². The molecule has 0 amide bonds. The van der Waals surface area contributed by atoms with Crippen LogP contribution in [0.5, 0.6) is 0 Å². The van der Waals surface area contributed by atoms with Gasteiger partial charge in [0, 0.05) is 38.6 Å². The lowest BCUT2D eigenvalue weighted by atomic mass is 10.3. The number of benzene rings is 1. The SMILES string of the molecule is O=c1n(C/C=C\CCl)c2ccccc2n1CCN1CCOCC1. The quantitative estimate of drug-likeness (QED) is 0.598. The summed E-state index contributed by atoms with van der Waals surface area (Å²) in [6.07, 6.45) is 3.81. The molecule has 0 atom stereocenters. The van der Waals surface area contributed by atoms with Crippen LogP contribution in [0, 0.1) is 0 Å². The minimum absolute atomic E-state index is 0.0404. The van der Waals surface area contributed by atoms with Crippen LogP contribution in [-0.4, -0.2) is 52.8 Å². The van der Waals surface area contributed by atoms with Crippen molar-refractivity contribution in [2.45, 2.75) is 13.1 Å². The molecule has 0 saturated carbocycles. The summed E-state index contributed by atoms with van der Waals surface area (Å²) in [5.41, 5.74) is 2.00. The summed E-state index contributed by atoms with van der Waals surface area (Å²) in [6, 6.07) is 7.95. The summed E-state index contributed by atoms with van der Waals surface area (Å²) in [7, 11) is 0. The molecule has 0 N–H and O–H groups in total. The number of fused-ring (bicyclic) bond motifs is 1. The molecule has 0 radical (unpaired) electrons. The maximum Gasteiger partial charge on any atom is 0.329 e. The van der Waals surface area contributed by atoms with Crippen molar-refractivity contribution in [1.82, 2.24) is 14.0 Å². The van der Waals surface area contributed by atoms with Crippen molar-refractivity contribution in [2.75, 3.05) is 38.7 Å². The number of para-hydroxylation sites is 2. The second-order valence-electron chi connectivity index (χ2n) is 5.61. The van der Waals surface area contributed by atoms with Gasteiger partial charge in [0.05, 0.1) is 24.2 Å². The summed E-state index contributed by atoms with van der Waals surface area (Å²) in [4.78, 5) is 15.1. The first-order chi connectivity index (χ1) is 11.3. The Morgan fingerprint density at radius 3 is 2.43 bits per heavy atom. The Morgan fingerprint density at radius 1 is 1.04 bits per heavy atom. The first-order valence-corrected chi connectivity index (χ1v) is 8.54. The Balaban J connectivity index is 1.85. The van der Waals surface area contributed by atoms with Gasteiger partial charge in [-0.05, 0) is 12.1 Å². The Morgan fingerprint density at radius 2 is 1.74 bits per heavy atom. The average Bonchev–Trinajstić information content (AvgIpc) is 2.86. The predicted octanol–water partition coefficient (Wildman–Crippen LogP) is 1.93. The predicted molar refractivity (Wildman–Crippen MR) is 93.3 cm³/mol. The molecule has 3 rings (SSSR count). The fourth-order valence-corrected chi connectivity index (χ4v) is 3.10. The molecule has 1 saturated heterocycles. The van der Waals surface area contributed by atoms with E-state index in [0.717, 1.165) is 43.9 Å². The van der Waals surface area contributed by atoms with Gasteiger partial charge >= 0.3 is 5.69 Å². The van der Waals surface area contributed by atoms with E-state index in [1.54, 1.807) is 4.57 Å². The van der Waals surface area contributed by atoms with Crippen LogP contribution < -0.4 is 5.69 Å². The molecule has 124 valence electrons. The van der Waals surface area contributed by atoms with Crippen LogP contribution in [0.25, 0.3) is 11.0 Å². The van der Waals surface area contributed by atoms with Crippen molar-refractivity contribution in [3.63, 3.8) is 0 Å². The molecule has 2 heterocycles. The average molecular weight is 336 g/mol. The molecule has 1 aromatic carbocycles. The van der Waals surface area contributed by atoms with Crippen LogP contribution in [0.2, 0.25) is 0 Å². The number of alkyl halides is 1. The molecule has 1 fully saturated rings. The van der Waals surface area contributed by atoms with Crippen molar-refractivity contribution < 1.29 is 4.74 Å². The van der Waals surface area contributed by atoms with E-state index in [1.165, 1.54) is 0 Å². The second kappa shape index (κ2) is 7.81. The molecule has 0 unspecified atom stereocenters. The third-order valence-electron chi connectivity index (χ3n) is 4.21. The molecule has 5 nitrogen and oxygen atoms in total. The van der Waals surface area contributed by atoms with Crippen LogP contribution in [0.4, 0.5) is 0 Å². The number of halogens is 1. The van der Waals surface area contributed by atoms with E-state index in [1.807, 2.05) is 41.0 Å². The van der Waals surface area contributed by atoms with Crippen LogP contribution in [-0.2, 0) is 17.8 Å². The van der Waals surface area contributed by atoms with Gasteiger partial charge < -0.3 is 4.74 Å². The van der Waals surface area contributed by atoms with Gasteiger partial charge in [-0.25, -0.2) is 4.79 Å². The van der Waals surface area contributed by atoms with E-state index in [-0.39, 0.29) is 5.69 Å². The summed E-state index contributed by atoms with van der Waals surface area (Å²) in [6.45, 7) is 5.55. The molecule has 1 aliphatic heterocycles. The number of aromatic nitrogens is 2. The van der Waals surface area contributed by atoms with Gasteiger partial charge in [0.25, 0.3) is 0 Å². The van der Waals surface area contributed by atoms with Gasteiger partial charge in [-0.3, -0.25) is 14.0 Å². The zero-order valence-electron chi connectivity index (χ0n) is 13.2. The van der Waals surface area contributed by atoms with E-state index >= 15 is 0 Å². The second-order valence-corrected chi connectivity index (χ2v) is 5.92. The van der Waals surface area contributed by atoms with Gasteiger partial charge in [0.2, 0.25) is 0 Å². The number of allylic oxidation sites excluding steroid dienone is 2. The highest BCUT2D eigenvalue weighted by molar-refractivity contribution is 6.18. The Labute approximate surface area is 140 Å². The van der Waals surface area contributed by atoms with Crippen molar-refractivity contribution in [3.05, 3.63) is 46.9 Å². The number of imidazole rings is 1. The summed E-state index contributed by atoms with van der Waals surface area (Å²) in [5.74, 6) is 0.463. The summed E-state index contributed by atoms with van der Waals surface area (Å²) < 4.78 is 9.05. The molecule has 0 spiro atoms. The molecule has 0 bridgehead atoms. The number of hydrogen-bond donors (Lipinski definition) is 0. The third kappa shape index (κ3) is 3.68. The van der Waals surface area contributed by atoms with Crippen molar-refractivity contribution in [1.29, 1.82) is 0 Å². The van der Waals surface area contributed by atoms with E-state index < -0.39 is 0 Å². The number of morpholine rings is 1. The van der Waals surface area contributed by atoms with Gasteiger partial charge in [-0.2, -0.15) is 0 Å². The van der Waals surface area contributed by atoms with Crippen molar-refractivity contribution >= 4 is 22.6 Å². The fraction of sp³-hybridized carbons (Fsp3) is 0.471. The van der Waals surface area contributed by atoms with Crippen LogP contribution in [0.3, 0.4) is 0 Å². The number of hydrogen-bond acceptors (Lipinski definition) is 3. The molecular weight excluding hydrogens is 314 g/mol. The van der Waals surface area contributed by atoms with Crippen LogP contribution >= 0.6 is 11.6 Å². The maximum absolute atomic E-state index is 12.8. The van der Waals surface area contributed by atoms with Crippen molar-refractivity contribution in [3.8, 4) is 0 Å². The fourth-order valence-electron chi connectivity index (χ4n) is 2.97. The maximum atomic E-state index is 12.8. The van der Waals surface area contributed by atoms with Gasteiger partial charge in [-0.15, -0.1) is 11.6 Å². The van der Waals surface area contributed by atoms with E-state index in [4.69, 9.17) is 16.3 Å². The highest BCUT2D eigenvalue weighted by atomic mass is 35.5. The number of nitrogens with zero attached hydrogens (tertiary/aromatic N) is 3. The lowest BCUT2D eigenvalue weighted by molar-refractivity contribution is 0.0364. The van der Waals surface area contributed by atoms with E-state index in [2.05, 4.69) is 4.90 Å². The molecular formula is C17H22ClN3O2. The minimum atomic E-state index is 0.0404. The lowest BCUT2D eigenvalue weighted by Crippen LogP contribution is -2.39. The Kier molecular flexibility index (Phi) is 5.54. The molecule has 1 aromatic heterocycles. The van der Waals surface area contributed by atoms with Crippen LogP contribution in [0.15, 0.2) is 41.2 Å². The number of ether oxygens (including phenoxy) is 1. The Bertz CT molecular complexity index is 729. The zero-order chi connectivity index (χ0) is 16.1. The molecule has 0 aliphatic carbocycles. The van der Waals surface area contributed by atoms with E-state index in [0.29, 0.717) is 19.0 Å². The first-order valence-electron chi connectivity index (χ1n) is 8.00. The highest BCUT2D eigenvalue weighted by Crippen LogP contribution is 2.13. The van der Waals surface area contributed by atoms with Gasteiger partial charge in [-0.1, -0.05) is 24.3 Å². The normalized spacial score (nSPS) is 16.6. The summed E-state index contributed by atoms with van der Waals surface area (Å²) in [5, 5.41) is 0. The minimum Gasteiger partial charge on any atom is -0.379 e. The molecule has 23 heavy (non-hydrogen) atoms. The standard InChI is InChI=1S/C17H22ClN3O2/c18-7-3-4-8-20-15-5-1-2-6-16(15)21(17(20)22)10-9-19-11-13-23-14-12-19/h1-6H,7-14H2/b4-3-. The monoisotopic (exact) mass is 335 g/mol. The van der Waals surface area contributed by atoms with Gasteiger partial charge in [0.15, 0.2) is 0 Å². The number of rotatable bonds is 6. The third-order valence-corrected chi connectivity index (χ3v) is 4.39. The molecule has 1 aliphatic rings. The van der Waals surface area contributed by atoms with Crippen LogP contribution in [0.1, 0.15) is 0 Å². The zero-order valence-corrected chi connectivity index (χ0v) is 13.9. The Hall–Kier alpha value is -1.56. The van der Waals surface area contributed by atoms with Gasteiger partial charge in [0.1, 0.15) is 0 Å². The highest BCUT2D eigenvalue weighted by Gasteiger charge is 2.14. The largest absolute Gasteiger partial charge is 0.379 e. The van der Waals surface area contributed by atoms with E-state index in [9.17, 15) is 4.79 Å². The lowest BCUT2D eigenvalue weighted by Gasteiger charge is -2.26. The smallest absolute Gasteiger partial charge is 0.329 e.